The molecule has 0 radical (unpaired) electrons. The molecule has 15 heavy (non-hydrogen) atoms. The average molecular weight is 229 g/mol. The molecule has 0 aliphatic rings. The van der Waals surface area contributed by atoms with Crippen molar-refractivity contribution in [2.24, 2.45) is 5.73 Å². The summed E-state index contributed by atoms with van der Waals surface area (Å²) in [5.41, 5.74) is 10.3. The van der Waals surface area contributed by atoms with Gasteiger partial charge in [-0.3, -0.25) is 4.79 Å². The van der Waals surface area contributed by atoms with Crippen LogP contribution in [0.1, 0.15) is 13.8 Å². The standard InChI is InChI=1S/C9H13ClN4O/c1-9(2,8(12)15)14-7-4-5(11)3-6(10)13-7/h3-4H,1-2H3,(H2,12,15)(H3,11,13,14). The first-order valence-electron chi connectivity index (χ1n) is 4.32. The van der Waals surface area contributed by atoms with Crippen LogP contribution >= 0.6 is 11.6 Å². The fourth-order valence-corrected chi connectivity index (χ4v) is 1.18. The number of hydrogen-bond donors (Lipinski definition) is 3. The molecule has 0 fully saturated rings. The first-order chi connectivity index (χ1) is 6.81. The predicted octanol–water partition coefficient (Wildman–Crippen LogP) is 0.993. The van der Waals surface area contributed by atoms with Crippen LogP contribution in [0.2, 0.25) is 5.15 Å². The van der Waals surface area contributed by atoms with Crippen LogP contribution in [-0.2, 0) is 4.79 Å². The number of pyridine rings is 1. The van der Waals surface area contributed by atoms with Crippen molar-refractivity contribution in [1.29, 1.82) is 0 Å². The number of nitrogens with two attached hydrogens (primary N) is 2. The van der Waals surface area contributed by atoms with Crippen LogP contribution in [0, 0.1) is 0 Å². The molecule has 0 atom stereocenters. The van der Waals surface area contributed by atoms with Crippen molar-refractivity contribution in [3.05, 3.63) is 17.3 Å². The Morgan fingerprint density at radius 1 is 1.53 bits per heavy atom. The number of nitrogen functional groups attached to an aromatic ring is 1. The van der Waals surface area contributed by atoms with Crippen molar-refractivity contribution in [3.63, 3.8) is 0 Å². The van der Waals surface area contributed by atoms with Gasteiger partial charge in [0.25, 0.3) is 0 Å². The zero-order valence-electron chi connectivity index (χ0n) is 8.54. The number of nitrogens with one attached hydrogen (secondary N) is 1. The van der Waals surface area contributed by atoms with Gasteiger partial charge < -0.3 is 16.8 Å². The minimum Gasteiger partial charge on any atom is -0.399 e. The second-order valence-electron chi connectivity index (χ2n) is 3.72. The number of nitrogens with zero attached hydrogens (tertiary/aromatic N) is 1. The van der Waals surface area contributed by atoms with Crippen LogP contribution in [0.15, 0.2) is 12.1 Å². The number of amides is 1. The van der Waals surface area contributed by atoms with E-state index in [4.69, 9.17) is 23.1 Å². The largest absolute Gasteiger partial charge is 0.399 e. The molecule has 1 aromatic heterocycles. The molecule has 1 aromatic rings. The quantitative estimate of drug-likeness (QED) is 0.673. The number of primary amides is 1. The molecule has 82 valence electrons. The van der Waals surface area contributed by atoms with Crippen molar-refractivity contribution in [2.75, 3.05) is 11.1 Å². The molecule has 5 nitrogen and oxygen atoms in total. The van der Waals surface area contributed by atoms with Gasteiger partial charge in [0.2, 0.25) is 5.91 Å². The summed E-state index contributed by atoms with van der Waals surface area (Å²) in [5.74, 6) is -0.0633. The maximum absolute atomic E-state index is 11.1. The Balaban J connectivity index is 2.94. The Hall–Kier alpha value is -1.49. The predicted molar refractivity (Wildman–Crippen MR) is 60.6 cm³/mol. The summed E-state index contributed by atoms with van der Waals surface area (Å²) in [7, 11) is 0. The van der Waals surface area contributed by atoms with Crippen LogP contribution in [-0.4, -0.2) is 16.4 Å². The highest BCUT2D eigenvalue weighted by Crippen LogP contribution is 2.19. The van der Waals surface area contributed by atoms with Crippen molar-refractivity contribution in [2.45, 2.75) is 19.4 Å². The summed E-state index contributed by atoms with van der Waals surface area (Å²) in [6, 6.07) is 3.10. The molecule has 5 N–H and O–H groups in total. The summed E-state index contributed by atoms with van der Waals surface area (Å²) >= 11 is 5.71. The molecule has 0 spiro atoms. The van der Waals surface area contributed by atoms with Gasteiger partial charge in [0.05, 0.1) is 0 Å². The molecule has 1 amide bonds. The fraction of sp³-hybridized carbons (Fsp3) is 0.333. The van der Waals surface area contributed by atoms with Crippen molar-refractivity contribution in [1.82, 2.24) is 4.98 Å². The Kier molecular flexibility index (Phi) is 3.04. The minimum atomic E-state index is -0.899. The lowest BCUT2D eigenvalue weighted by Gasteiger charge is -2.23. The third-order valence-corrected chi connectivity index (χ3v) is 2.07. The summed E-state index contributed by atoms with van der Waals surface area (Å²) in [6.45, 7) is 3.29. The van der Waals surface area contributed by atoms with Crippen LogP contribution < -0.4 is 16.8 Å². The van der Waals surface area contributed by atoms with Crippen LogP contribution in [0.3, 0.4) is 0 Å². The maximum atomic E-state index is 11.1. The highest BCUT2D eigenvalue weighted by atomic mass is 35.5. The maximum Gasteiger partial charge on any atom is 0.242 e. The molecular formula is C9H13ClN4O. The van der Waals surface area contributed by atoms with Crippen LogP contribution in [0.4, 0.5) is 11.5 Å². The van der Waals surface area contributed by atoms with Gasteiger partial charge in [-0.1, -0.05) is 11.6 Å². The summed E-state index contributed by atoms with van der Waals surface area (Å²) in [4.78, 5) is 15.0. The molecule has 6 heteroatoms. The first kappa shape index (κ1) is 11.6. The van der Waals surface area contributed by atoms with E-state index in [0.29, 0.717) is 11.5 Å². The summed E-state index contributed by atoms with van der Waals surface area (Å²) in [6.07, 6.45) is 0. The second-order valence-corrected chi connectivity index (χ2v) is 4.11. The molecule has 0 aliphatic carbocycles. The zero-order chi connectivity index (χ0) is 11.6. The van der Waals surface area contributed by atoms with Gasteiger partial charge in [0.1, 0.15) is 16.5 Å². The topological polar surface area (TPSA) is 94.0 Å². The van der Waals surface area contributed by atoms with E-state index in [2.05, 4.69) is 10.3 Å². The van der Waals surface area contributed by atoms with Gasteiger partial charge in [0, 0.05) is 11.8 Å². The first-order valence-corrected chi connectivity index (χ1v) is 4.70. The Labute approximate surface area is 92.8 Å². The highest BCUT2D eigenvalue weighted by Gasteiger charge is 2.24. The zero-order valence-corrected chi connectivity index (χ0v) is 9.30. The van der Waals surface area contributed by atoms with Crippen LogP contribution in [0.25, 0.3) is 0 Å². The monoisotopic (exact) mass is 228 g/mol. The van der Waals surface area contributed by atoms with E-state index in [-0.39, 0.29) is 5.15 Å². The third kappa shape index (κ3) is 2.99. The summed E-state index contributed by atoms with van der Waals surface area (Å²) in [5, 5.41) is 3.11. The lowest BCUT2D eigenvalue weighted by molar-refractivity contribution is -0.121. The molecule has 0 saturated heterocycles. The van der Waals surface area contributed by atoms with E-state index in [9.17, 15) is 4.79 Å². The van der Waals surface area contributed by atoms with Crippen LogP contribution in [0.5, 0.6) is 0 Å². The van der Waals surface area contributed by atoms with Gasteiger partial charge in [0.15, 0.2) is 0 Å². The Morgan fingerprint density at radius 3 is 2.60 bits per heavy atom. The van der Waals surface area contributed by atoms with Crippen molar-refractivity contribution >= 4 is 29.0 Å². The number of rotatable bonds is 3. The number of aromatic nitrogens is 1. The molecule has 0 aromatic carbocycles. The third-order valence-electron chi connectivity index (χ3n) is 1.87. The van der Waals surface area contributed by atoms with E-state index < -0.39 is 11.4 Å². The molecular weight excluding hydrogens is 216 g/mol. The highest BCUT2D eigenvalue weighted by molar-refractivity contribution is 6.29. The second kappa shape index (κ2) is 3.94. The molecule has 1 heterocycles. The van der Waals surface area contributed by atoms with Gasteiger partial charge >= 0.3 is 0 Å². The molecule has 1 rings (SSSR count). The molecule has 0 bridgehead atoms. The van der Waals surface area contributed by atoms with Gasteiger partial charge in [-0.25, -0.2) is 4.98 Å². The minimum absolute atomic E-state index is 0.262. The SMILES string of the molecule is CC(C)(Nc1cc(N)cc(Cl)n1)C(N)=O. The summed E-state index contributed by atoms with van der Waals surface area (Å²) < 4.78 is 0. The molecule has 0 unspecified atom stereocenters. The Morgan fingerprint density at radius 2 is 2.13 bits per heavy atom. The van der Waals surface area contributed by atoms with Gasteiger partial charge in [-0.2, -0.15) is 0 Å². The van der Waals surface area contributed by atoms with Gasteiger partial charge in [-0.15, -0.1) is 0 Å². The van der Waals surface area contributed by atoms with Crippen molar-refractivity contribution < 1.29 is 4.79 Å². The lowest BCUT2D eigenvalue weighted by Crippen LogP contribution is -2.45. The average Bonchev–Trinajstić information content (AvgIpc) is 1.99. The normalized spacial score (nSPS) is 11.1. The van der Waals surface area contributed by atoms with E-state index in [1.165, 1.54) is 6.07 Å². The molecule has 0 aliphatic heterocycles. The van der Waals surface area contributed by atoms with Gasteiger partial charge in [-0.05, 0) is 19.9 Å². The van der Waals surface area contributed by atoms with Crippen molar-refractivity contribution in [3.8, 4) is 0 Å². The molecule has 0 saturated carbocycles. The number of carbonyl (C=O) groups is 1. The number of hydrogen-bond acceptors (Lipinski definition) is 4. The van der Waals surface area contributed by atoms with E-state index >= 15 is 0 Å². The Bertz CT molecular complexity index is 371. The fourth-order valence-electron chi connectivity index (χ4n) is 0.962. The lowest BCUT2D eigenvalue weighted by atomic mass is 10.1. The van der Waals surface area contributed by atoms with E-state index in [0.717, 1.165) is 0 Å². The smallest absolute Gasteiger partial charge is 0.242 e. The number of carbonyl (C=O) groups excluding carboxylic acids is 1. The number of halogens is 1. The van der Waals surface area contributed by atoms with E-state index in [1.807, 2.05) is 0 Å². The number of anilines is 2. The van der Waals surface area contributed by atoms with E-state index in [1.54, 1.807) is 19.9 Å².